The molecule has 10 atom stereocenters. The minimum atomic E-state index is -1.66. The molecule has 0 spiro atoms. The van der Waals surface area contributed by atoms with Crippen molar-refractivity contribution in [2.24, 2.45) is 0 Å². The summed E-state index contributed by atoms with van der Waals surface area (Å²) in [6.45, 7) is 0.774. The molecule has 0 saturated carbocycles. The molecule has 0 amide bonds. The zero-order valence-electron chi connectivity index (χ0n) is 18.7. The van der Waals surface area contributed by atoms with Crippen molar-refractivity contribution in [1.29, 1.82) is 0 Å². The van der Waals surface area contributed by atoms with Gasteiger partial charge < -0.3 is 59.4 Å². The highest BCUT2D eigenvalue weighted by atomic mass is 16.7. The zero-order chi connectivity index (χ0) is 25.0. The van der Waals surface area contributed by atoms with Crippen LogP contribution in [0, 0.1) is 0 Å². The first kappa shape index (κ1) is 26.8. The number of methoxy groups -OCH3 is 1. The van der Waals surface area contributed by atoms with E-state index >= 15 is 0 Å². The quantitative estimate of drug-likeness (QED) is 0.208. The zero-order valence-corrected chi connectivity index (χ0v) is 18.7. The van der Waals surface area contributed by atoms with E-state index in [0.29, 0.717) is 5.75 Å². The topological polar surface area (TPSA) is 188 Å². The van der Waals surface area contributed by atoms with Crippen molar-refractivity contribution in [3.8, 4) is 11.5 Å². The summed E-state index contributed by atoms with van der Waals surface area (Å²) in [5.41, 5.74) is 0.845. The van der Waals surface area contributed by atoms with E-state index in [1.54, 1.807) is 18.2 Å². The van der Waals surface area contributed by atoms with Crippen LogP contribution in [0.25, 0.3) is 6.08 Å². The van der Waals surface area contributed by atoms with Crippen molar-refractivity contribution in [2.75, 3.05) is 20.3 Å². The van der Waals surface area contributed by atoms with Gasteiger partial charge in [0, 0.05) is 0 Å². The summed E-state index contributed by atoms with van der Waals surface area (Å²) in [7, 11) is 1.44. The third-order valence-corrected chi connectivity index (χ3v) is 5.73. The lowest BCUT2D eigenvalue weighted by Gasteiger charge is -2.42. The molecular weight excluding hydrogens is 456 g/mol. The molecule has 2 fully saturated rings. The number of benzene rings is 1. The van der Waals surface area contributed by atoms with Gasteiger partial charge in [0.1, 0.15) is 48.8 Å². The monoisotopic (exact) mass is 488 g/mol. The van der Waals surface area contributed by atoms with Crippen molar-refractivity contribution < 1.29 is 59.4 Å². The van der Waals surface area contributed by atoms with Crippen LogP contribution in [0.15, 0.2) is 24.3 Å². The summed E-state index contributed by atoms with van der Waals surface area (Å²) in [6.07, 6.45) is -11.3. The summed E-state index contributed by atoms with van der Waals surface area (Å²) < 4.78 is 27.3. The molecule has 0 bridgehead atoms. The molecule has 12 nitrogen and oxygen atoms in total. The molecule has 192 valence electrons. The average molecular weight is 488 g/mol. The first-order chi connectivity index (χ1) is 16.2. The number of aliphatic hydroxyl groups excluding tert-OH is 7. The van der Waals surface area contributed by atoms with E-state index in [2.05, 4.69) is 0 Å². The van der Waals surface area contributed by atoms with E-state index < -0.39 is 74.6 Å². The van der Waals surface area contributed by atoms with Crippen LogP contribution in [0.2, 0.25) is 0 Å². The molecular formula is C22H32O12. The Morgan fingerprint density at radius 1 is 0.824 bits per heavy atom. The fourth-order valence-electron chi connectivity index (χ4n) is 3.75. The fraction of sp³-hybridized carbons (Fsp3) is 0.636. The molecule has 2 heterocycles. The highest BCUT2D eigenvalue weighted by Gasteiger charge is 2.48. The fourth-order valence-corrected chi connectivity index (χ4v) is 3.75. The largest absolute Gasteiger partial charge is 0.493 e. The normalized spacial score (nSPS) is 38.7. The van der Waals surface area contributed by atoms with E-state index in [4.69, 9.17) is 23.7 Å². The summed E-state index contributed by atoms with van der Waals surface area (Å²) in [4.78, 5) is 0. The predicted molar refractivity (Wildman–Crippen MR) is 115 cm³/mol. The Balaban J connectivity index is 1.69. The predicted octanol–water partition coefficient (Wildman–Crippen LogP) is -2.27. The molecule has 0 radical (unpaired) electrons. The lowest BCUT2D eigenvalue weighted by molar-refractivity contribution is -0.323. The summed E-state index contributed by atoms with van der Waals surface area (Å²) >= 11 is 0. The Morgan fingerprint density at radius 3 is 2.06 bits per heavy atom. The average Bonchev–Trinajstić information content (AvgIpc) is 2.84. The van der Waals surface area contributed by atoms with Crippen LogP contribution in [0.1, 0.15) is 12.5 Å². The van der Waals surface area contributed by atoms with Gasteiger partial charge in [-0.15, -0.1) is 0 Å². The molecule has 12 heteroatoms. The van der Waals surface area contributed by atoms with Gasteiger partial charge in [0.2, 0.25) is 6.29 Å². The number of ether oxygens (including phenoxy) is 5. The Labute approximate surface area is 196 Å². The summed E-state index contributed by atoms with van der Waals surface area (Å²) in [6, 6.07) is 5.05. The standard InChI is InChI=1S/C22H32O12/c1-3-4-10-5-6-11(12(7-10)30-2)32-22-20(29)18(27)16(25)14(34-22)9-31-21-19(28)17(26)15(24)13(8-23)33-21/h3-7,13-29H,8-9H2,1-2H3/b4-3-/t13-,14-,15+,16-,17+,18+,19-,20-,21-,22-/m1/s1. The van der Waals surface area contributed by atoms with Gasteiger partial charge in [0.25, 0.3) is 0 Å². The molecule has 2 saturated heterocycles. The Kier molecular flexibility index (Phi) is 9.23. The van der Waals surface area contributed by atoms with Gasteiger partial charge in [-0.3, -0.25) is 0 Å². The first-order valence-corrected chi connectivity index (χ1v) is 10.8. The number of allylic oxidation sites excluding steroid dienone is 1. The summed E-state index contributed by atoms with van der Waals surface area (Å²) in [5.74, 6) is 0.568. The van der Waals surface area contributed by atoms with Crippen molar-refractivity contribution in [3.63, 3.8) is 0 Å². The van der Waals surface area contributed by atoms with Crippen LogP contribution < -0.4 is 9.47 Å². The van der Waals surface area contributed by atoms with E-state index in [0.717, 1.165) is 5.56 Å². The van der Waals surface area contributed by atoms with Crippen LogP contribution in [0.5, 0.6) is 11.5 Å². The minimum Gasteiger partial charge on any atom is -0.493 e. The molecule has 0 aliphatic carbocycles. The van der Waals surface area contributed by atoms with Crippen LogP contribution in [-0.2, 0) is 14.2 Å². The number of aliphatic hydroxyl groups is 7. The molecule has 34 heavy (non-hydrogen) atoms. The smallest absolute Gasteiger partial charge is 0.229 e. The Bertz CT molecular complexity index is 817. The SMILES string of the molecule is C/C=C\c1ccc(O[C@@H]2O[C@H](CO[C@@H]3O[C@H](CO)[C@H](O)[C@H](O)[C@H]3O)[C@@H](O)[C@H](O)[C@H]2O)c(OC)c1. The van der Waals surface area contributed by atoms with Gasteiger partial charge in [-0.05, 0) is 24.6 Å². The van der Waals surface area contributed by atoms with Gasteiger partial charge in [-0.2, -0.15) is 0 Å². The second kappa shape index (κ2) is 11.7. The second-order valence-corrected chi connectivity index (χ2v) is 8.07. The molecule has 0 aromatic heterocycles. The van der Waals surface area contributed by atoms with Crippen molar-refractivity contribution >= 4 is 6.08 Å². The minimum absolute atomic E-state index is 0.219. The first-order valence-electron chi connectivity index (χ1n) is 10.8. The molecule has 0 unspecified atom stereocenters. The van der Waals surface area contributed by atoms with Gasteiger partial charge in [0.15, 0.2) is 17.8 Å². The number of rotatable bonds is 8. The van der Waals surface area contributed by atoms with Crippen molar-refractivity contribution in [1.82, 2.24) is 0 Å². The molecule has 1 aromatic carbocycles. The van der Waals surface area contributed by atoms with E-state index in [1.165, 1.54) is 7.11 Å². The van der Waals surface area contributed by atoms with Gasteiger partial charge in [0.05, 0.1) is 20.3 Å². The van der Waals surface area contributed by atoms with Crippen LogP contribution in [-0.4, -0.2) is 117 Å². The third kappa shape index (κ3) is 5.69. The molecule has 1 aromatic rings. The van der Waals surface area contributed by atoms with Crippen LogP contribution >= 0.6 is 0 Å². The maximum Gasteiger partial charge on any atom is 0.229 e. The Morgan fingerprint density at radius 2 is 1.44 bits per heavy atom. The maximum absolute atomic E-state index is 10.4. The van der Waals surface area contributed by atoms with E-state index in [-0.39, 0.29) is 5.75 Å². The van der Waals surface area contributed by atoms with Crippen molar-refractivity contribution in [3.05, 3.63) is 29.8 Å². The van der Waals surface area contributed by atoms with Crippen molar-refractivity contribution in [2.45, 2.75) is 68.3 Å². The highest BCUT2D eigenvalue weighted by molar-refractivity contribution is 5.55. The third-order valence-electron chi connectivity index (χ3n) is 5.73. The van der Waals surface area contributed by atoms with Crippen LogP contribution in [0.3, 0.4) is 0 Å². The van der Waals surface area contributed by atoms with Crippen LogP contribution in [0.4, 0.5) is 0 Å². The van der Waals surface area contributed by atoms with Gasteiger partial charge in [-0.25, -0.2) is 0 Å². The molecule has 2 aliphatic heterocycles. The molecule has 3 rings (SSSR count). The number of hydrogen-bond donors (Lipinski definition) is 7. The lowest BCUT2D eigenvalue weighted by Crippen LogP contribution is -2.62. The van der Waals surface area contributed by atoms with Gasteiger partial charge in [-0.1, -0.05) is 18.2 Å². The maximum atomic E-state index is 10.4. The van der Waals surface area contributed by atoms with E-state index in [1.807, 2.05) is 19.1 Å². The highest BCUT2D eigenvalue weighted by Crippen LogP contribution is 2.33. The Hall–Kier alpha value is -1.84. The molecule has 2 aliphatic rings. The summed E-state index contributed by atoms with van der Waals surface area (Å²) in [5, 5.41) is 70.1. The number of hydrogen-bond acceptors (Lipinski definition) is 12. The lowest BCUT2D eigenvalue weighted by atomic mass is 9.98. The second-order valence-electron chi connectivity index (χ2n) is 8.07. The van der Waals surface area contributed by atoms with E-state index in [9.17, 15) is 35.7 Å². The van der Waals surface area contributed by atoms with Gasteiger partial charge >= 0.3 is 0 Å². The molecule has 7 N–H and O–H groups in total.